The molecule has 1 N–H and O–H groups in total. The maximum atomic E-state index is 11.9. The van der Waals surface area contributed by atoms with Crippen molar-refractivity contribution in [1.82, 2.24) is 9.73 Å². The highest BCUT2D eigenvalue weighted by molar-refractivity contribution is 7.89. The number of carbonyl (C=O) groups excluding carboxylic acids is 1. The second-order valence-electron chi connectivity index (χ2n) is 4.77. The number of nitrogens with one attached hydrogen (secondary N) is 1. The second-order valence-corrected chi connectivity index (χ2v) is 6.92. The number of hydrogen-bond donors (Lipinski definition) is 1. The lowest BCUT2D eigenvalue weighted by Gasteiger charge is -2.18. The van der Waals surface area contributed by atoms with Crippen molar-refractivity contribution in [3.63, 3.8) is 0 Å². The zero-order valence-electron chi connectivity index (χ0n) is 11.1. The van der Waals surface area contributed by atoms with Crippen LogP contribution in [0.25, 0.3) is 0 Å². The summed E-state index contributed by atoms with van der Waals surface area (Å²) in [6.07, 6.45) is 0. The minimum atomic E-state index is -3.41. The molecular formula is C12H17N3O3S. The van der Waals surface area contributed by atoms with E-state index in [9.17, 15) is 13.2 Å². The molecule has 0 radical (unpaired) electrons. The SMILES string of the molecule is C[C@H]1CN(c2ccc(S(=O)(=O)N(C)C)cc2)NC1=O. The predicted octanol–water partition coefficient (Wildman–Crippen LogP) is 0.424. The smallest absolute Gasteiger partial charge is 0.243 e. The van der Waals surface area contributed by atoms with E-state index in [1.54, 1.807) is 29.3 Å². The average Bonchev–Trinajstić information content (AvgIpc) is 2.69. The van der Waals surface area contributed by atoms with Gasteiger partial charge in [0, 0.05) is 14.1 Å². The van der Waals surface area contributed by atoms with E-state index < -0.39 is 10.0 Å². The normalized spacial score (nSPS) is 19.9. The van der Waals surface area contributed by atoms with E-state index in [1.165, 1.54) is 18.4 Å². The van der Waals surface area contributed by atoms with Gasteiger partial charge in [-0.25, -0.2) is 12.7 Å². The number of sulfonamides is 1. The first-order chi connectivity index (χ1) is 8.82. The van der Waals surface area contributed by atoms with E-state index in [4.69, 9.17) is 0 Å². The third kappa shape index (κ3) is 2.57. The van der Waals surface area contributed by atoms with Crippen LogP contribution >= 0.6 is 0 Å². The number of carbonyl (C=O) groups is 1. The fourth-order valence-electron chi connectivity index (χ4n) is 1.82. The molecule has 1 atom stereocenters. The standard InChI is InChI=1S/C12H17N3O3S/c1-9-8-15(13-12(9)16)10-4-6-11(7-5-10)19(17,18)14(2)3/h4-7,9H,8H2,1-3H3,(H,13,16)/t9-/m0/s1. The first-order valence-electron chi connectivity index (χ1n) is 5.93. The number of hydrazine groups is 1. The van der Waals surface area contributed by atoms with E-state index in [0.29, 0.717) is 6.54 Å². The van der Waals surface area contributed by atoms with Gasteiger partial charge in [-0.2, -0.15) is 0 Å². The van der Waals surface area contributed by atoms with Gasteiger partial charge in [0.05, 0.1) is 23.0 Å². The van der Waals surface area contributed by atoms with Gasteiger partial charge in [-0.15, -0.1) is 0 Å². The fourth-order valence-corrected chi connectivity index (χ4v) is 2.73. The van der Waals surface area contributed by atoms with Crippen LogP contribution in [0.3, 0.4) is 0 Å². The Morgan fingerprint density at radius 2 is 1.84 bits per heavy atom. The van der Waals surface area contributed by atoms with E-state index in [-0.39, 0.29) is 16.7 Å². The maximum absolute atomic E-state index is 11.9. The van der Waals surface area contributed by atoms with Crippen molar-refractivity contribution in [2.24, 2.45) is 5.92 Å². The second kappa shape index (κ2) is 4.82. The summed E-state index contributed by atoms with van der Waals surface area (Å²) < 4.78 is 25.0. The summed E-state index contributed by atoms with van der Waals surface area (Å²) in [7, 11) is -0.428. The van der Waals surface area contributed by atoms with Crippen molar-refractivity contribution in [1.29, 1.82) is 0 Å². The Balaban J connectivity index is 2.23. The van der Waals surface area contributed by atoms with Gasteiger partial charge >= 0.3 is 0 Å². The fraction of sp³-hybridized carbons (Fsp3) is 0.417. The molecule has 1 fully saturated rings. The van der Waals surface area contributed by atoms with Crippen LogP contribution in [0.4, 0.5) is 5.69 Å². The molecule has 0 unspecified atom stereocenters. The van der Waals surface area contributed by atoms with Crippen molar-refractivity contribution >= 4 is 21.6 Å². The van der Waals surface area contributed by atoms with Gasteiger partial charge in [-0.3, -0.25) is 15.2 Å². The van der Waals surface area contributed by atoms with Gasteiger partial charge in [-0.05, 0) is 24.3 Å². The summed E-state index contributed by atoms with van der Waals surface area (Å²) in [4.78, 5) is 11.7. The molecule has 1 aromatic carbocycles. The number of anilines is 1. The summed E-state index contributed by atoms with van der Waals surface area (Å²) in [6, 6.07) is 6.46. The molecule has 0 aromatic heterocycles. The monoisotopic (exact) mass is 283 g/mol. The molecule has 0 bridgehead atoms. The third-order valence-electron chi connectivity index (χ3n) is 3.08. The molecule has 104 valence electrons. The van der Waals surface area contributed by atoms with Gasteiger partial charge in [0.25, 0.3) is 0 Å². The summed E-state index contributed by atoms with van der Waals surface area (Å²) >= 11 is 0. The lowest BCUT2D eigenvalue weighted by Crippen LogP contribution is -2.33. The third-order valence-corrected chi connectivity index (χ3v) is 4.91. The van der Waals surface area contributed by atoms with Gasteiger partial charge < -0.3 is 0 Å². The molecule has 0 aliphatic carbocycles. The van der Waals surface area contributed by atoms with Crippen LogP contribution in [0.1, 0.15) is 6.92 Å². The zero-order valence-corrected chi connectivity index (χ0v) is 11.9. The van der Waals surface area contributed by atoms with Crippen LogP contribution in [0.5, 0.6) is 0 Å². The number of nitrogens with zero attached hydrogens (tertiary/aromatic N) is 2. The highest BCUT2D eigenvalue weighted by Crippen LogP contribution is 2.21. The average molecular weight is 283 g/mol. The van der Waals surface area contributed by atoms with E-state index >= 15 is 0 Å². The Hall–Kier alpha value is -1.60. The van der Waals surface area contributed by atoms with E-state index in [2.05, 4.69) is 5.43 Å². The Labute approximate surface area is 113 Å². The largest absolute Gasteiger partial charge is 0.285 e. The van der Waals surface area contributed by atoms with E-state index in [1.807, 2.05) is 6.92 Å². The van der Waals surface area contributed by atoms with Crippen LogP contribution in [0.15, 0.2) is 29.2 Å². The van der Waals surface area contributed by atoms with Crippen molar-refractivity contribution in [3.05, 3.63) is 24.3 Å². The molecule has 1 aliphatic rings. The Morgan fingerprint density at radius 3 is 2.26 bits per heavy atom. The molecule has 1 heterocycles. The predicted molar refractivity (Wildman–Crippen MR) is 72.0 cm³/mol. The molecular weight excluding hydrogens is 266 g/mol. The molecule has 1 aromatic rings. The minimum absolute atomic E-state index is 0.0232. The molecule has 6 nitrogen and oxygen atoms in total. The van der Waals surface area contributed by atoms with Gasteiger partial charge in [0.1, 0.15) is 0 Å². The lowest BCUT2D eigenvalue weighted by molar-refractivity contribution is -0.121. The van der Waals surface area contributed by atoms with Gasteiger partial charge in [-0.1, -0.05) is 6.92 Å². The molecule has 0 spiro atoms. The molecule has 1 amide bonds. The summed E-state index contributed by atoms with van der Waals surface area (Å²) in [5, 5.41) is 1.72. The number of amides is 1. The molecule has 1 saturated heterocycles. The molecule has 2 rings (SSSR count). The van der Waals surface area contributed by atoms with Crippen molar-refractivity contribution in [2.45, 2.75) is 11.8 Å². The summed E-state index contributed by atoms with van der Waals surface area (Å²) in [6.45, 7) is 2.43. The zero-order chi connectivity index (χ0) is 14.2. The van der Waals surface area contributed by atoms with Crippen LogP contribution < -0.4 is 10.4 Å². The van der Waals surface area contributed by atoms with Crippen molar-refractivity contribution in [3.8, 4) is 0 Å². The topological polar surface area (TPSA) is 69.7 Å². The van der Waals surface area contributed by atoms with Crippen LogP contribution in [0, 0.1) is 5.92 Å². The summed E-state index contributed by atoms with van der Waals surface area (Å²) in [5.41, 5.74) is 3.51. The lowest BCUT2D eigenvalue weighted by atomic mass is 10.2. The Kier molecular flexibility index (Phi) is 3.51. The first-order valence-corrected chi connectivity index (χ1v) is 7.37. The van der Waals surface area contributed by atoms with Crippen LogP contribution in [0.2, 0.25) is 0 Å². The minimum Gasteiger partial charge on any atom is -0.285 e. The van der Waals surface area contributed by atoms with Gasteiger partial charge in [0.15, 0.2) is 0 Å². The Morgan fingerprint density at radius 1 is 1.26 bits per heavy atom. The highest BCUT2D eigenvalue weighted by Gasteiger charge is 2.27. The molecule has 1 aliphatic heterocycles. The number of benzene rings is 1. The van der Waals surface area contributed by atoms with Crippen molar-refractivity contribution < 1.29 is 13.2 Å². The number of hydrogen-bond acceptors (Lipinski definition) is 4. The molecule has 19 heavy (non-hydrogen) atoms. The first kappa shape index (κ1) is 13.8. The van der Waals surface area contributed by atoms with E-state index in [0.717, 1.165) is 5.69 Å². The quantitative estimate of drug-likeness (QED) is 0.873. The van der Waals surface area contributed by atoms with Crippen LogP contribution in [-0.2, 0) is 14.8 Å². The molecule has 0 saturated carbocycles. The highest BCUT2D eigenvalue weighted by atomic mass is 32.2. The van der Waals surface area contributed by atoms with Crippen LogP contribution in [-0.4, -0.2) is 39.3 Å². The summed E-state index contributed by atoms with van der Waals surface area (Å²) in [5.74, 6) is -0.0878. The molecule has 7 heteroatoms. The number of rotatable bonds is 3. The van der Waals surface area contributed by atoms with Crippen molar-refractivity contribution in [2.75, 3.05) is 25.6 Å². The maximum Gasteiger partial charge on any atom is 0.243 e. The Bertz CT molecular complexity index is 581. The van der Waals surface area contributed by atoms with Gasteiger partial charge in [0.2, 0.25) is 15.9 Å².